The molecule has 28 heavy (non-hydrogen) atoms. The van der Waals surface area contributed by atoms with Crippen LogP contribution in [0.4, 0.5) is 0 Å². The minimum Gasteiger partial charge on any atom is -0.322 e. The highest BCUT2D eigenvalue weighted by molar-refractivity contribution is 6.05. The lowest BCUT2D eigenvalue weighted by molar-refractivity contribution is -0.136. The van der Waals surface area contributed by atoms with Crippen LogP contribution < -0.4 is 16.0 Å². The Kier molecular flexibility index (Phi) is 5.73. The second-order valence-electron chi connectivity index (χ2n) is 8.00. The van der Waals surface area contributed by atoms with Crippen LogP contribution in [0.2, 0.25) is 0 Å². The van der Waals surface area contributed by atoms with Gasteiger partial charge in [-0.25, -0.2) is 0 Å². The molecule has 7 heteroatoms. The van der Waals surface area contributed by atoms with Crippen LogP contribution in [0.15, 0.2) is 18.2 Å². The maximum Gasteiger partial charge on any atom is 0.255 e. The Morgan fingerprint density at radius 2 is 2.07 bits per heavy atom. The third kappa shape index (κ3) is 4.10. The van der Waals surface area contributed by atoms with Gasteiger partial charge >= 0.3 is 0 Å². The van der Waals surface area contributed by atoms with Crippen molar-refractivity contribution in [2.45, 2.75) is 63.7 Å². The predicted molar refractivity (Wildman–Crippen MR) is 104 cm³/mol. The van der Waals surface area contributed by atoms with Gasteiger partial charge in [-0.3, -0.25) is 19.7 Å². The van der Waals surface area contributed by atoms with Crippen LogP contribution in [0, 0.1) is 0 Å². The number of carbonyl (C=O) groups excluding carboxylic acids is 3. The zero-order valence-electron chi connectivity index (χ0n) is 16.1. The fourth-order valence-electron chi connectivity index (χ4n) is 4.42. The lowest BCUT2D eigenvalue weighted by atomic mass is 10.0. The molecule has 3 N–H and O–H groups in total. The molecule has 150 valence electrons. The lowest BCUT2D eigenvalue weighted by Gasteiger charge is -2.29. The van der Waals surface area contributed by atoms with Gasteiger partial charge in [0.25, 0.3) is 5.91 Å². The molecule has 0 saturated carbocycles. The zero-order chi connectivity index (χ0) is 19.5. The average molecular weight is 384 g/mol. The molecule has 0 bridgehead atoms. The summed E-state index contributed by atoms with van der Waals surface area (Å²) in [7, 11) is 0. The second-order valence-corrected chi connectivity index (χ2v) is 8.00. The van der Waals surface area contributed by atoms with Crippen LogP contribution in [0.1, 0.15) is 60.0 Å². The normalized spacial score (nSPS) is 24.6. The summed E-state index contributed by atoms with van der Waals surface area (Å²) in [5.41, 5.74) is 2.71. The third-order valence-electron chi connectivity index (χ3n) is 5.99. The molecular weight excluding hydrogens is 356 g/mol. The second kappa shape index (κ2) is 8.41. The number of nitrogens with zero attached hydrogens (tertiary/aromatic N) is 1. The SMILES string of the molecule is O=C1CCC(N2Cc3ccc(CNCCCC4CCCN4)cc3C2=O)C(=O)N1. The fourth-order valence-corrected chi connectivity index (χ4v) is 4.42. The molecule has 3 heterocycles. The number of nitrogens with one attached hydrogen (secondary N) is 3. The Labute approximate surface area is 165 Å². The van der Waals surface area contributed by atoms with Crippen LogP contribution >= 0.6 is 0 Å². The van der Waals surface area contributed by atoms with E-state index in [1.54, 1.807) is 4.90 Å². The molecule has 2 fully saturated rings. The van der Waals surface area contributed by atoms with Crippen molar-refractivity contribution >= 4 is 17.7 Å². The molecule has 3 aliphatic heterocycles. The van der Waals surface area contributed by atoms with Gasteiger partial charge in [0.15, 0.2) is 0 Å². The van der Waals surface area contributed by atoms with E-state index in [1.807, 2.05) is 18.2 Å². The van der Waals surface area contributed by atoms with Gasteiger partial charge in [-0.05, 0) is 62.4 Å². The Balaban J connectivity index is 1.30. The molecule has 0 aliphatic carbocycles. The van der Waals surface area contributed by atoms with Crippen LogP contribution in [0.3, 0.4) is 0 Å². The summed E-state index contributed by atoms with van der Waals surface area (Å²) in [5.74, 6) is -0.739. The first kappa shape index (κ1) is 19.1. The van der Waals surface area contributed by atoms with E-state index < -0.39 is 6.04 Å². The standard InChI is InChI=1S/C21H28N4O3/c26-19-8-7-18(20(27)24-19)25-13-15-6-5-14(11-17(15)21(25)28)12-22-9-1-3-16-4-2-10-23-16/h5-6,11,16,18,22-23H,1-4,7-10,12-13H2,(H,24,26,27). The fraction of sp³-hybridized carbons (Fsp3) is 0.571. The summed E-state index contributed by atoms with van der Waals surface area (Å²) in [6.45, 7) is 3.28. The van der Waals surface area contributed by atoms with Crippen molar-refractivity contribution in [2.24, 2.45) is 0 Å². The minimum absolute atomic E-state index is 0.112. The quantitative estimate of drug-likeness (QED) is 0.483. The minimum atomic E-state index is -0.552. The predicted octanol–water partition coefficient (Wildman–Crippen LogP) is 1.07. The van der Waals surface area contributed by atoms with Crippen molar-refractivity contribution in [1.82, 2.24) is 20.9 Å². The summed E-state index contributed by atoms with van der Waals surface area (Å²) >= 11 is 0. The number of fused-ring (bicyclic) bond motifs is 1. The van der Waals surface area contributed by atoms with Gasteiger partial charge in [-0.2, -0.15) is 0 Å². The molecule has 0 aromatic heterocycles. The van der Waals surface area contributed by atoms with Gasteiger partial charge in [0, 0.05) is 31.1 Å². The van der Waals surface area contributed by atoms with Crippen LogP contribution in [-0.2, 0) is 22.7 Å². The first-order valence-corrected chi connectivity index (χ1v) is 10.3. The van der Waals surface area contributed by atoms with Crippen molar-refractivity contribution < 1.29 is 14.4 Å². The largest absolute Gasteiger partial charge is 0.322 e. The molecule has 3 aliphatic rings. The molecule has 2 saturated heterocycles. The molecule has 7 nitrogen and oxygen atoms in total. The topological polar surface area (TPSA) is 90.5 Å². The molecule has 0 radical (unpaired) electrons. The molecule has 4 rings (SSSR count). The number of benzene rings is 1. The van der Waals surface area contributed by atoms with Crippen LogP contribution in [0.25, 0.3) is 0 Å². The highest BCUT2D eigenvalue weighted by Crippen LogP contribution is 2.28. The van der Waals surface area contributed by atoms with E-state index in [4.69, 9.17) is 0 Å². The Bertz CT molecular complexity index is 773. The molecule has 3 amide bonds. The summed E-state index contributed by atoms with van der Waals surface area (Å²) in [6, 6.07) is 6.10. The Morgan fingerprint density at radius 1 is 1.18 bits per heavy atom. The lowest BCUT2D eigenvalue weighted by Crippen LogP contribution is -2.52. The number of carbonyl (C=O) groups is 3. The monoisotopic (exact) mass is 384 g/mol. The van der Waals surface area contributed by atoms with E-state index in [0.29, 0.717) is 24.6 Å². The van der Waals surface area contributed by atoms with Gasteiger partial charge in [-0.15, -0.1) is 0 Å². The summed E-state index contributed by atoms with van der Waals surface area (Å²) in [5, 5.41) is 9.32. The summed E-state index contributed by atoms with van der Waals surface area (Å²) < 4.78 is 0. The van der Waals surface area contributed by atoms with Crippen molar-refractivity contribution in [3.63, 3.8) is 0 Å². The number of rotatable bonds is 7. The number of piperidine rings is 1. The van der Waals surface area contributed by atoms with Gasteiger partial charge < -0.3 is 15.5 Å². The molecule has 2 atom stereocenters. The van der Waals surface area contributed by atoms with Gasteiger partial charge in [0.2, 0.25) is 11.8 Å². The highest BCUT2D eigenvalue weighted by Gasteiger charge is 2.39. The van der Waals surface area contributed by atoms with E-state index in [-0.39, 0.29) is 24.1 Å². The van der Waals surface area contributed by atoms with Gasteiger partial charge in [0.05, 0.1) is 0 Å². The van der Waals surface area contributed by atoms with Gasteiger partial charge in [0.1, 0.15) is 6.04 Å². The van der Waals surface area contributed by atoms with E-state index >= 15 is 0 Å². The van der Waals surface area contributed by atoms with Crippen LogP contribution in [0.5, 0.6) is 0 Å². The number of hydrogen-bond acceptors (Lipinski definition) is 5. The summed E-state index contributed by atoms with van der Waals surface area (Å²) in [4.78, 5) is 37.9. The van der Waals surface area contributed by atoms with E-state index in [1.165, 1.54) is 19.3 Å². The van der Waals surface area contributed by atoms with Crippen molar-refractivity contribution in [3.05, 3.63) is 34.9 Å². The molecule has 2 unspecified atom stereocenters. The highest BCUT2D eigenvalue weighted by atomic mass is 16.2. The number of hydrogen-bond donors (Lipinski definition) is 3. The van der Waals surface area contributed by atoms with Crippen molar-refractivity contribution in [3.8, 4) is 0 Å². The van der Waals surface area contributed by atoms with Crippen LogP contribution in [-0.4, -0.2) is 47.8 Å². The van der Waals surface area contributed by atoms with Gasteiger partial charge in [-0.1, -0.05) is 12.1 Å². The average Bonchev–Trinajstić information content (AvgIpc) is 3.30. The zero-order valence-corrected chi connectivity index (χ0v) is 16.1. The number of amides is 3. The molecule has 1 aromatic carbocycles. The Morgan fingerprint density at radius 3 is 2.86 bits per heavy atom. The van der Waals surface area contributed by atoms with E-state index in [2.05, 4.69) is 16.0 Å². The van der Waals surface area contributed by atoms with Crippen molar-refractivity contribution in [1.29, 1.82) is 0 Å². The third-order valence-corrected chi connectivity index (χ3v) is 5.99. The van der Waals surface area contributed by atoms with Crippen molar-refractivity contribution in [2.75, 3.05) is 13.1 Å². The molecule has 1 aromatic rings. The molecular formula is C21H28N4O3. The first-order chi connectivity index (χ1) is 13.6. The maximum absolute atomic E-state index is 12.8. The summed E-state index contributed by atoms with van der Waals surface area (Å²) in [6.07, 6.45) is 5.60. The maximum atomic E-state index is 12.8. The Hall–Kier alpha value is -2.25. The van der Waals surface area contributed by atoms with E-state index in [0.717, 1.165) is 37.2 Å². The first-order valence-electron chi connectivity index (χ1n) is 10.3. The van der Waals surface area contributed by atoms with E-state index in [9.17, 15) is 14.4 Å². The smallest absolute Gasteiger partial charge is 0.255 e. The molecule has 0 spiro atoms. The number of imide groups is 1.